The van der Waals surface area contributed by atoms with E-state index >= 15 is 0 Å². The topological polar surface area (TPSA) is 87.7 Å². The highest BCUT2D eigenvalue weighted by molar-refractivity contribution is 5.90. The number of carbonyl (C=O) groups excluding carboxylic acids is 1. The molecule has 0 aromatic heterocycles. The number of carbonyl (C=O) groups is 1. The predicted octanol–water partition coefficient (Wildman–Crippen LogP) is 0.674. The van der Waals surface area contributed by atoms with Crippen LogP contribution in [0.25, 0.3) is 0 Å². The summed E-state index contributed by atoms with van der Waals surface area (Å²) in [6.07, 6.45) is 2.54. The number of nitrogens with two attached hydrogens (primary N) is 1. The van der Waals surface area contributed by atoms with Gasteiger partial charge in [-0.15, -0.1) is 0 Å². The third-order valence-corrected chi connectivity index (χ3v) is 2.44. The smallest absolute Gasteiger partial charge is 0.220 e. The van der Waals surface area contributed by atoms with Crippen molar-refractivity contribution in [3.05, 3.63) is 0 Å². The van der Waals surface area contributed by atoms with E-state index in [9.17, 15) is 4.79 Å². The van der Waals surface area contributed by atoms with Crippen molar-refractivity contribution in [1.29, 1.82) is 0 Å². The molecule has 0 saturated heterocycles. The predicted molar refractivity (Wildman–Crippen MR) is 57.5 cm³/mol. The van der Waals surface area contributed by atoms with Gasteiger partial charge in [0.2, 0.25) is 5.91 Å². The maximum absolute atomic E-state index is 11.5. The van der Waals surface area contributed by atoms with Crippen molar-refractivity contribution in [2.75, 3.05) is 0 Å². The lowest BCUT2D eigenvalue weighted by atomic mass is 10.1. The Labute approximate surface area is 89.7 Å². The molecule has 1 saturated carbocycles. The van der Waals surface area contributed by atoms with Crippen LogP contribution < -0.4 is 11.1 Å². The average Bonchev–Trinajstić information content (AvgIpc) is 2.95. The van der Waals surface area contributed by atoms with Crippen LogP contribution in [-0.2, 0) is 4.79 Å². The zero-order valence-electron chi connectivity index (χ0n) is 9.23. The van der Waals surface area contributed by atoms with Crippen LogP contribution >= 0.6 is 0 Å². The molecule has 4 N–H and O–H groups in total. The Morgan fingerprint density at radius 3 is 2.60 bits per heavy atom. The molecule has 1 rings (SSSR count). The molecule has 0 spiro atoms. The number of amidine groups is 1. The molecule has 0 aliphatic heterocycles. The molecular weight excluding hydrogens is 194 g/mol. The van der Waals surface area contributed by atoms with Crippen LogP contribution in [0.2, 0.25) is 0 Å². The molecule has 1 aliphatic carbocycles. The maximum Gasteiger partial charge on any atom is 0.220 e. The molecule has 1 amide bonds. The van der Waals surface area contributed by atoms with E-state index in [-0.39, 0.29) is 17.8 Å². The van der Waals surface area contributed by atoms with E-state index in [1.165, 1.54) is 0 Å². The molecule has 1 atom stereocenters. The molecule has 1 fully saturated rings. The summed E-state index contributed by atoms with van der Waals surface area (Å²) in [5.74, 6) is 0.734. The number of amides is 1. The maximum atomic E-state index is 11.5. The molecule has 0 bridgehead atoms. The number of nitrogens with zero attached hydrogens (tertiary/aromatic N) is 1. The first-order valence-electron chi connectivity index (χ1n) is 5.31. The molecule has 86 valence electrons. The first-order chi connectivity index (χ1) is 7.04. The lowest BCUT2D eigenvalue weighted by molar-refractivity contribution is -0.122. The zero-order chi connectivity index (χ0) is 11.4. The van der Waals surface area contributed by atoms with E-state index in [1.54, 1.807) is 0 Å². The van der Waals surface area contributed by atoms with Gasteiger partial charge in [-0.05, 0) is 24.7 Å². The number of rotatable bonds is 5. The molecule has 0 aromatic rings. The van der Waals surface area contributed by atoms with Crippen LogP contribution in [0, 0.1) is 11.8 Å². The summed E-state index contributed by atoms with van der Waals surface area (Å²) in [4.78, 5) is 11.5. The van der Waals surface area contributed by atoms with Crippen molar-refractivity contribution in [2.24, 2.45) is 22.7 Å². The Bertz CT molecular complexity index is 259. The van der Waals surface area contributed by atoms with E-state index in [4.69, 9.17) is 10.9 Å². The van der Waals surface area contributed by atoms with Gasteiger partial charge >= 0.3 is 0 Å². The summed E-state index contributed by atoms with van der Waals surface area (Å²) in [5.41, 5.74) is 5.52. The standard InChI is InChI=1S/C10H19N3O2/c1-6(2)5-8(14)12-9(7-3-4-7)10(11)13-15/h6-7,9,15H,3-5H2,1-2H3,(H2,11,13)(H,12,14). The SMILES string of the molecule is CC(C)CC(=O)NC(C(N)=NO)C1CC1. The minimum Gasteiger partial charge on any atom is -0.409 e. The fourth-order valence-corrected chi connectivity index (χ4v) is 1.53. The summed E-state index contributed by atoms with van der Waals surface area (Å²) in [6.45, 7) is 3.96. The largest absolute Gasteiger partial charge is 0.409 e. The molecule has 1 aliphatic rings. The van der Waals surface area contributed by atoms with E-state index in [1.807, 2.05) is 13.8 Å². The molecule has 0 heterocycles. The van der Waals surface area contributed by atoms with Crippen molar-refractivity contribution in [2.45, 2.75) is 39.2 Å². The molecule has 5 nitrogen and oxygen atoms in total. The second-order valence-corrected chi connectivity index (χ2v) is 4.51. The average molecular weight is 213 g/mol. The number of oxime groups is 1. The molecule has 5 heteroatoms. The highest BCUT2D eigenvalue weighted by Gasteiger charge is 2.35. The van der Waals surface area contributed by atoms with Crippen molar-refractivity contribution < 1.29 is 10.0 Å². The van der Waals surface area contributed by atoms with Crippen molar-refractivity contribution in [3.8, 4) is 0 Å². The Kier molecular flexibility index (Phi) is 3.94. The summed E-state index contributed by atoms with van der Waals surface area (Å²) in [6, 6.07) is -0.291. The normalized spacial score (nSPS) is 19.0. The quantitative estimate of drug-likeness (QED) is 0.271. The second kappa shape index (κ2) is 5.00. The van der Waals surface area contributed by atoms with Crippen molar-refractivity contribution in [1.82, 2.24) is 5.32 Å². The fourth-order valence-electron chi connectivity index (χ4n) is 1.53. The summed E-state index contributed by atoms with van der Waals surface area (Å²) < 4.78 is 0. The molecule has 15 heavy (non-hydrogen) atoms. The van der Waals surface area contributed by atoms with Crippen LogP contribution in [0.4, 0.5) is 0 Å². The number of nitrogens with one attached hydrogen (secondary N) is 1. The van der Waals surface area contributed by atoms with Crippen molar-refractivity contribution in [3.63, 3.8) is 0 Å². The fraction of sp³-hybridized carbons (Fsp3) is 0.800. The highest BCUT2D eigenvalue weighted by atomic mass is 16.4. The van der Waals surface area contributed by atoms with Crippen LogP contribution in [0.15, 0.2) is 5.16 Å². The van der Waals surface area contributed by atoms with E-state index in [2.05, 4.69) is 10.5 Å². The monoisotopic (exact) mass is 213 g/mol. The zero-order valence-corrected chi connectivity index (χ0v) is 9.23. The lowest BCUT2D eigenvalue weighted by Gasteiger charge is -2.17. The summed E-state index contributed by atoms with van der Waals surface area (Å²) >= 11 is 0. The third-order valence-electron chi connectivity index (χ3n) is 2.44. The van der Waals surface area contributed by atoms with Gasteiger partial charge in [-0.1, -0.05) is 19.0 Å². The van der Waals surface area contributed by atoms with E-state index in [0.29, 0.717) is 18.3 Å². The van der Waals surface area contributed by atoms with Gasteiger partial charge in [0.05, 0.1) is 6.04 Å². The van der Waals surface area contributed by atoms with Gasteiger partial charge in [0.1, 0.15) is 0 Å². The molecular formula is C10H19N3O2. The van der Waals surface area contributed by atoms with Gasteiger partial charge in [0.15, 0.2) is 5.84 Å². The minimum absolute atomic E-state index is 0.0338. The number of hydrogen-bond donors (Lipinski definition) is 3. The van der Waals surface area contributed by atoms with Gasteiger partial charge in [-0.3, -0.25) is 4.79 Å². The van der Waals surface area contributed by atoms with Crippen molar-refractivity contribution >= 4 is 11.7 Å². The first-order valence-corrected chi connectivity index (χ1v) is 5.31. The van der Waals surface area contributed by atoms with Gasteiger partial charge < -0.3 is 16.3 Å². The lowest BCUT2D eigenvalue weighted by Crippen LogP contribution is -2.46. The van der Waals surface area contributed by atoms with Crippen LogP contribution in [-0.4, -0.2) is 23.0 Å². The Morgan fingerprint density at radius 1 is 1.60 bits per heavy atom. The van der Waals surface area contributed by atoms with E-state index in [0.717, 1.165) is 12.8 Å². The van der Waals surface area contributed by atoms with Gasteiger partial charge in [0, 0.05) is 6.42 Å². The Hall–Kier alpha value is -1.26. The molecule has 0 radical (unpaired) electrons. The first kappa shape index (κ1) is 11.8. The third kappa shape index (κ3) is 3.77. The van der Waals surface area contributed by atoms with Crippen LogP contribution in [0.3, 0.4) is 0 Å². The highest BCUT2D eigenvalue weighted by Crippen LogP contribution is 2.32. The minimum atomic E-state index is -0.291. The van der Waals surface area contributed by atoms with Gasteiger partial charge in [0.25, 0.3) is 0 Å². The van der Waals surface area contributed by atoms with Crippen LogP contribution in [0.1, 0.15) is 33.1 Å². The summed E-state index contributed by atoms with van der Waals surface area (Å²) in [7, 11) is 0. The Morgan fingerprint density at radius 2 is 2.20 bits per heavy atom. The summed E-state index contributed by atoms with van der Waals surface area (Å²) in [5, 5.41) is 14.4. The van der Waals surface area contributed by atoms with E-state index < -0.39 is 0 Å². The van der Waals surface area contributed by atoms with Gasteiger partial charge in [-0.25, -0.2) is 0 Å². The molecule has 0 aromatic carbocycles. The Balaban J connectivity index is 2.48. The number of hydrogen-bond acceptors (Lipinski definition) is 3. The van der Waals surface area contributed by atoms with Gasteiger partial charge in [-0.2, -0.15) is 0 Å². The van der Waals surface area contributed by atoms with Crippen LogP contribution in [0.5, 0.6) is 0 Å². The molecule has 1 unspecified atom stereocenters. The second-order valence-electron chi connectivity index (χ2n) is 4.51.